The van der Waals surface area contributed by atoms with Crippen molar-refractivity contribution in [2.45, 2.75) is 20.3 Å². The molecular weight excluding hydrogens is 528 g/mol. The number of hydrogen-bond donors (Lipinski definition) is 0. The van der Waals surface area contributed by atoms with Crippen molar-refractivity contribution in [3.05, 3.63) is 168 Å². The zero-order valence-corrected chi connectivity index (χ0v) is 25.2. The fourth-order valence-electron chi connectivity index (χ4n) is 7.39. The lowest BCUT2D eigenvalue weighted by Gasteiger charge is -2.27. The highest BCUT2D eigenvalue weighted by molar-refractivity contribution is 6.21. The molecule has 7 aromatic rings. The van der Waals surface area contributed by atoms with Gasteiger partial charge < -0.3 is 0 Å². The highest BCUT2D eigenvalue weighted by Gasteiger charge is 2.24. The molecule has 0 amide bonds. The monoisotopic (exact) mass is 562 g/mol. The predicted molar refractivity (Wildman–Crippen MR) is 191 cm³/mol. The van der Waals surface area contributed by atoms with Gasteiger partial charge in [-0.1, -0.05) is 159 Å². The van der Waals surface area contributed by atoms with E-state index in [0.717, 1.165) is 6.42 Å². The van der Waals surface area contributed by atoms with E-state index in [0.29, 0.717) is 5.92 Å². The SMILES string of the molecule is Cc1ccccc1C1=C(c2c3ccccc3c(-c3ccc(-c4cccc5ccccc45)cc3)c3ccccc23)C=CCC1C. The summed E-state index contributed by atoms with van der Waals surface area (Å²) in [5, 5.41) is 7.76. The van der Waals surface area contributed by atoms with Crippen LogP contribution in [-0.2, 0) is 0 Å². The summed E-state index contributed by atoms with van der Waals surface area (Å²) in [6.07, 6.45) is 5.81. The standard InChI is InChI=1S/C44H34/c1-29-13-3-5-17-34(29)42-30(2)14-11-24-41(42)44-39-21-9-7-19-37(39)43(38-20-8-10-22-40(38)44)33-27-25-32(26-28-33)36-23-12-16-31-15-4-6-18-35(31)36/h3-13,15-28,30H,14H2,1-2H3. The summed E-state index contributed by atoms with van der Waals surface area (Å²) in [6.45, 7) is 4.62. The Morgan fingerprint density at radius 1 is 0.477 bits per heavy atom. The Morgan fingerprint density at radius 2 is 1.00 bits per heavy atom. The zero-order valence-electron chi connectivity index (χ0n) is 25.2. The van der Waals surface area contributed by atoms with Crippen molar-refractivity contribution >= 4 is 43.5 Å². The average molecular weight is 563 g/mol. The number of aryl methyl sites for hydroxylation is 1. The molecule has 1 atom stereocenters. The summed E-state index contributed by atoms with van der Waals surface area (Å²) in [6, 6.07) is 51.3. The van der Waals surface area contributed by atoms with Crippen LogP contribution in [0.15, 0.2) is 152 Å². The molecule has 0 aromatic heterocycles. The lowest BCUT2D eigenvalue weighted by molar-refractivity contribution is 0.760. The zero-order chi connectivity index (χ0) is 29.6. The van der Waals surface area contributed by atoms with Crippen LogP contribution in [0.4, 0.5) is 0 Å². The molecule has 0 bridgehead atoms. The highest BCUT2D eigenvalue weighted by Crippen LogP contribution is 2.47. The van der Waals surface area contributed by atoms with Crippen LogP contribution >= 0.6 is 0 Å². The molecule has 8 rings (SSSR count). The van der Waals surface area contributed by atoms with Crippen LogP contribution in [0.3, 0.4) is 0 Å². The molecule has 1 aliphatic carbocycles. The molecule has 7 aromatic carbocycles. The minimum absolute atomic E-state index is 0.440. The quantitative estimate of drug-likeness (QED) is 0.187. The molecule has 0 aliphatic heterocycles. The van der Waals surface area contributed by atoms with Gasteiger partial charge in [0.1, 0.15) is 0 Å². The predicted octanol–water partition coefficient (Wildman–Crippen LogP) is 12.3. The highest BCUT2D eigenvalue weighted by atomic mass is 14.3. The topological polar surface area (TPSA) is 0 Å². The Hall–Kier alpha value is -5.20. The molecule has 0 fully saturated rings. The molecule has 0 saturated heterocycles. The molecule has 0 radical (unpaired) electrons. The first-order valence-corrected chi connectivity index (χ1v) is 15.7. The van der Waals surface area contributed by atoms with Crippen LogP contribution in [0.2, 0.25) is 0 Å². The number of allylic oxidation sites excluding steroid dienone is 4. The molecule has 0 nitrogen and oxygen atoms in total. The summed E-state index contributed by atoms with van der Waals surface area (Å²) in [4.78, 5) is 0. The van der Waals surface area contributed by atoms with Gasteiger partial charge in [0, 0.05) is 0 Å². The second-order valence-electron chi connectivity index (χ2n) is 12.1. The van der Waals surface area contributed by atoms with Gasteiger partial charge in [-0.15, -0.1) is 0 Å². The van der Waals surface area contributed by atoms with Gasteiger partial charge in [0.05, 0.1) is 0 Å². The van der Waals surface area contributed by atoms with E-state index >= 15 is 0 Å². The van der Waals surface area contributed by atoms with Crippen molar-refractivity contribution in [3.8, 4) is 22.3 Å². The normalized spacial score (nSPS) is 15.0. The first kappa shape index (κ1) is 26.4. The molecule has 1 aliphatic rings. The van der Waals surface area contributed by atoms with Gasteiger partial charge in [-0.25, -0.2) is 0 Å². The van der Waals surface area contributed by atoms with E-state index in [1.165, 1.54) is 82.4 Å². The largest absolute Gasteiger partial charge is 0.0833 e. The Morgan fingerprint density at radius 3 is 1.68 bits per heavy atom. The van der Waals surface area contributed by atoms with E-state index in [-0.39, 0.29) is 0 Å². The maximum atomic E-state index is 2.38. The Labute approximate surface area is 259 Å². The van der Waals surface area contributed by atoms with E-state index in [2.05, 4.69) is 166 Å². The molecular formula is C44H34. The van der Waals surface area contributed by atoms with Crippen molar-refractivity contribution in [1.82, 2.24) is 0 Å². The second kappa shape index (κ2) is 10.8. The fraction of sp³-hybridized carbons (Fsp3) is 0.0909. The molecule has 44 heavy (non-hydrogen) atoms. The van der Waals surface area contributed by atoms with E-state index in [1.807, 2.05) is 0 Å². The molecule has 0 spiro atoms. The summed E-state index contributed by atoms with van der Waals surface area (Å²) < 4.78 is 0. The van der Waals surface area contributed by atoms with E-state index in [9.17, 15) is 0 Å². The summed E-state index contributed by atoms with van der Waals surface area (Å²) in [5.41, 5.74) is 11.9. The van der Waals surface area contributed by atoms with Gasteiger partial charge >= 0.3 is 0 Å². The maximum absolute atomic E-state index is 2.38. The van der Waals surface area contributed by atoms with E-state index in [1.54, 1.807) is 0 Å². The molecule has 0 saturated carbocycles. The molecule has 0 N–H and O–H groups in total. The van der Waals surface area contributed by atoms with Crippen molar-refractivity contribution in [2.24, 2.45) is 5.92 Å². The number of hydrogen-bond acceptors (Lipinski definition) is 0. The Kier molecular flexibility index (Phi) is 6.50. The van der Waals surface area contributed by atoms with Crippen LogP contribution in [0.25, 0.3) is 65.7 Å². The second-order valence-corrected chi connectivity index (χ2v) is 12.1. The van der Waals surface area contributed by atoms with Crippen molar-refractivity contribution < 1.29 is 0 Å². The van der Waals surface area contributed by atoms with Gasteiger partial charge in [-0.3, -0.25) is 0 Å². The van der Waals surface area contributed by atoms with Gasteiger partial charge in [0.15, 0.2) is 0 Å². The number of rotatable bonds is 4. The van der Waals surface area contributed by atoms with Crippen LogP contribution in [0.1, 0.15) is 30.0 Å². The van der Waals surface area contributed by atoms with Crippen molar-refractivity contribution in [1.29, 1.82) is 0 Å². The third-order valence-corrected chi connectivity index (χ3v) is 9.47. The van der Waals surface area contributed by atoms with Gasteiger partial charge in [0.25, 0.3) is 0 Å². The molecule has 210 valence electrons. The lowest BCUT2D eigenvalue weighted by Crippen LogP contribution is -2.07. The fourth-order valence-corrected chi connectivity index (χ4v) is 7.39. The van der Waals surface area contributed by atoms with Crippen molar-refractivity contribution in [3.63, 3.8) is 0 Å². The molecule has 0 heterocycles. The first-order chi connectivity index (χ1) is 21.7. The van der Waals surface area contributed by atoms with Gasteiger partial charge in [0.2, 0.25) is 0 Å². The summed E-state index contributed by atoms with van der Waals surface area (Å²) >= 11 is 0. The van der Waals surface area contributed by atoms with Crippen LogP contribution in [0, 0.1) is 12.8 Å². The maximum Gasteiger partial charge on any atom is -0.00234 e. The molecule has 1 unspecified atom stereocenters. The van der Waals surface area contributed by atoms with E-state index < -0.39 is 0 Å². The van der Waals surface area contributed by atoms with Crippen molar-refractivity contribution in [2.75, 3.05) is 0 Å². The lowest BCUT2D eigenvalue weighted by atomic mass is 9.77. The Balaban J connectivity index is 1.38. The Bertz CT molecular complexity index is 2200. The minimum Gasteiger partial charge on any atom is -0.0833 e. The van der Waals surface area contributed by atoms with Crippen LogP contribution in [-0.4, -0.2) is 0 Å². The number of fused-ring (bicyclic) bond motifs is 3. The van der Waals surface area contributed by atoms with Crippen LogP contribution < -0.4 is 0 Å². The third-order valence-electron chi connectivity index (χ3n) is 9.47. The van der Waals surface area contributed by atoms with Gasteiger partial charge in [-0.2, -0.15) is 0 Å². The van der Waals surface area contributed by atoms with Gasteiger partial charge in [-0.05, 0) is 102 Å². The molecule has 0 heteroatoms. The average Bonchev–Trinajstić information content (AvgIpc) is 3.07. The number of benzene rings is 7. The first-order valence-electron chi connectivity index (χ1n) is 15.7. The van der Waals surface area contributed by atoms with Crippen LogP contribution in [0.5, 0.6) is 0 Å². The minimum atomic E-state index is 0.440. The third kappa shape index (κ3) is 4.29. The summed E-state index contributed by atoms with van der Waals surface area (Å²) in [7, 11) is 0. The smallest absolute Gasteiger partial charge is 0.00234 e. The summed E-state index contributed by atoms with van der Waals surface area (Å²) in [5.74, 6) is 0.440. The van der Waals surface area contributed by atoms with E-state index in [4.69, 9.17) is 0 Å².